The molecule has 0 N–H and O–H groups in total. The Morgan fingerprint density at radius 2 is 1.92 bits per heavy atom. The van der Waals surface area contributed by atoms with Gasteiger partial charge in [0, 0.05) is 18.4 Å². The molecule has 0 saturated heterocycles. The van der Waals surface area contributed by atoms with Crippen LogP contribution in [0.1, 0.15) is 39.0 Å². The topological polar surface area (TPSA) is 3.24 Å². The van der Waals surface area contributed by atoms with E-state index in [0.29, 0.717) is 0 Å². The Hall–Kier alpha value is 0.440. The van der Waals surface area contributed by atoms with Gasteiger partial charge in [0.2, 0.25) is 0 Å². The lowest BCUT2D eigenvalue weighted by atomic mass is 10.1. The molecule has 0 bridgehead atoms. The molecule has 0 aromatic carbocycles. The molecule has 1 aliphatic carbocycles. The van der Waals surface area contributed by atoms with Crippen molar-refractivity contribution >= 4 is 15.9 Å². The number of hydrogen-bond donors (Lipinski definition) is 0. The molecule has 0 aliphatic heterocycles. The van der Waals surface area contributed by atoms with Gasteiger partial charge in [-0.3, -0.25) is 0 Å². The zero-order chi connectivity index (χ0) is 9.52. The lowest BCUT2D eigenvalue weighted by Crippen LogP contribution is -2.31. The Balaban J connectivity index is 2.19. The molecule has 1 nitrogen and oxygen atoms in total. The fraction of sp³-hybridized carbons (Fsp3) is 1.00. The quantitative estimate of drug-likeness (QED) is 0.652. The molecule has 0 radical (unpaired) electrons. The van der Waals surface area contributed by atoms with E-state index in [4.69, 9.17) is 0 Å². The molecule has 0 spiro atoms. The molecular formula is C11H22BrN. The molecule has 0 amide bonds. The average Bonchev–Trinajstić information content (AvgIpc) is 2.58. The van der Waals surface area contributed by atoms with Crippen molar-refractivity contribution in [2.75, 3.05) is 25.0 Å². The van der Waals surface area contributed by atoms with E-state index in [-0.39, 0.29) is 0 Å². The third-order valence-electron chi connectivity index (χ3n) is 2.93. The molecule has 1 fully saturated rings. The van der Waals surface area contributed by atoms with E-state index in [1.165, 1.54) is 51.7 Å². The summed E-state index contributed by atoms with van der Waals surface area (Å²) < 4.78 is 0. The van der Waals surface area contributed by atoms with Crippen molar-refractivity contribution < 1.29 is 0 Å². The monoisotopic (exact) mass is 247 g/mol. The molecule has 13 heavy (non-hydrogen) atoms. The van der Waals surface area contributed by atoms with Gasteiger partial charge in [-0.15, -0.1) is 0 Å². The van der Waals surface area contributed by atoms with Crippen LogP contribution in [-0.2, 0) is 0 Å². The van der Waals surface area contributed by atoms with Crippen LogP contribution in [0.25, 0.3) is 0 Å². The van der Waals surface area contributed by atoms with Gasteiger partial charge in [-0.05, 0) is 31.7 Å². The third-order valence-corrected chi connectivity index (χ3v) is 3.29. The van der Waals surface area contributed by atoms with E-state index >= 15 is 0 Å². The van der Waals surface area contributed by atoms with Gasteiger partial charge in [-0.1, -0.05) is 35.7 Å². The summed E-state index contributed by atoms with van der Waals surface area (Å²) in [7, 11) is 0. The predicted molar refractivity (Wildman–Crippen MR) is 62.5 cm³/mol. The van der Waals surface area contributed by atoms with Gasteiger partial charge in [0.25, 0.3) is 0 Å². The zero-order valence-corrected chi connectivity index (χ0v) is 10.4. The number of hydrogen-bond acceptors (Lipinski definition) is 1. The van der Waals surface area contributed by atoms with E-state index in [1.54, 1.807) is 0 Å². The van der Waals surface area contributed by atoms with Crippen LogP contribution >= 0.6 is 15.9 Å². The van der Waals surface area contributed by atoms with Crippen LogP contribution in [0.15, 0.2) is 0 Å². The Morgan fingerprint density at radius 3 is 2.46 bits per heavy atom. The first-order valence-electron chi connectivity index (χ1n) is 5.65. The lowest BCUT2D eigenvalue weighted by Gasteiger charge is -2.23. The highest BCUT2D eigenvalue weighted by Gasteiger charge is 2.17. The second-order valence-corrected chi connectivity index (χ2v) is 4.93. The Morgan fingerprint density at radius 1 is 1.23 bits per heavy atom. The van der Waals surface area contributed by atoms with Gasteiger partial charge < -0.3 is 4.90 Å². The summed E-state index contributed by atoms with van der Waals surface area (Å²) in [6.45, 7) is 6.13. The molecular weight excluding hydrogens is 226 g/mol. The summed E-state index contributed by atoms with van der Waals surface area (Å²) in [6.07, 6.45) is 7.18. The van der Waals surface area contributed by atoms with Crippen LogP contribution in [-0.4, -0.2) is 29.9 Å². The van der Waals surface area contributed by atoms with Gasteiger partial charge in [0.15, 0.2) is 0 Å². The predicted octanol–water partition coefficient (Wildman–Crippen LogP) is 3.28. The maximum absolute atomic E-state index is 3.53. The van der Waals surface area contributed by atoms with E-state index in [1.807, 2.05) is 0 Å². The van der Waals surface area contributed by atoms with Crippen molar-refractivity contribution in [1.82, 2.24) is 4.90 Å². The standard InChI is InChI=1S/C11H22BrN/c1-2-8-13(9-7-12)10-11-5-3-4-6-11/h11H,2-10H2,1H3. The highest BCUT2D eigenvalue weighted by Crippen LogP contribution is 2.25. The van der Waals surface area contributed by atoms with Crippen LogP contribution in [0.5, 0.6) is 0 Å². The van der Waals surface area contributed by atoms with Crippen molar-refractivity contribution in [3.63, 3.8) is 0 Å². The van der Waals surface area contributed by atoms with Gasteiger partial charge in [-0.2, -0.15) is 0 Å². The normalized spacial score (nSPS) is 18.7. The minimum Gasteiger partial charge on any atom is -0.302 e. The van der Waals surface area contributed by atoms with Crippen LogP contribution in [0.4, 0.5) is 0 Å². The summed E-state index contributed by atoms with van der Waals surface area (Å²) in [5.74, 6) is 1.01. The summed E-state index contributed by atoms with van der Waals surface area (Å²) >= 11 is 3.53. The lowest BCUT2D eigenvalue weighted by molar-refractivity contribution is 0.245. The molecule has 0 heterocycles. The second-order valence-electron chi connectivity index (χ2n) is 4.14. The van der Waals surface area contributed by atoms with Crippen LogP contribution in [0.3, 0.4) is 0 Å². The van der Waals surface area contributed by atoms with Crippen LogP contribution in [0, 0.1) is 5.92 Å². The molecule has 78 valence electrons. The summed E-state index contributed by atoms with van der Waals surface area (Å²) in [4.78, 5) is 2.62. The fourth-order valence-corrected chi connectivity index (χ4v) is 2.79. The maximum atomic E-state index is 3.53. The minimum absolute atomic E-state index is 1.01. The van der Waals surface area contributed by atoms with Crippen molar-refractivity contribution in [1.29, 1.82) is 0 Å². The van der Waals surface area contributed by atoms with Gasteiger partial charge >= 0.3 is 0 Å². The second kappa shape index (κ2) is 6.83. The molecule has 2 heteroatoms. The highest BCUT2D eigenvalue weighted by atomic mass is 79.9. The van der Waals surface area contributed by atoms with Crippen molar-refractivity contribution in [3.8, 4) is 0 Å². The van der Waals surface area contributed by atoms with Gasteiger partial charge in [-0.25, -0.2) is 0 Å². The van der Waals surface area contributed by atoms with E-state index < -0.39 is 0 Å². The summed E-state index contributed by atoms with van der Waals surface area (Å²) in [6, 6.07) is 0. The maximum Gasteiger partial charge on any atom is 0.0159 e. The van der Waals surface area contributed by atoms with E-state index in [2.05, 4.69) is 27.8 Å². The molecule has 0 aromatic heterocycles. The SMILES string of the molecule is CCCN(CCBr)CC1CCCC1. The fourth-order valence-electron chi connectivity index (χ4n) is 2.29. The summed E-state index contributed by atoms with van der Waals surface area (Å²) in [5, 5.41) is 1.12. The first-order chi connectivity index (χ1) is 6.36. The molecule has 0 aromatic rings. The van der Waals surface area contributed by atoms with Crippen LogP contribution in [0.2, 0.25) is 0 Å². The van der Waals surface area contributed by atoms with Gasteiger partial charge in [0.1, 0.15) is 0 Å². The first kappa shape index (κ1) is 11.5. The van der Waals surface area contributed by atoms with Crippen molar-refractivity contribution in [3.05, 3.63) is 0 Å². The molecule has 1 aliphatic rings. The largest absolute Gasteiger partial charge is 0.302 e. The number of halogens is 1. The Bertz CT molecular complexity index is 115. The first-order valence-corrected chi connectivity index (χ1v) is 6.77. The number of rotatable bonds is 6. The van der Waals surface area contributed by atoms with Crippen molar-refractivity contribution in [2.45, 2.75) is 39.0 Å². The summed E-state index contributed by atoms with van der Waals surface area (Å²) in [5.41, 5.74) is 0. The molecule has 0 atom stereocenters. The smallest absolute Gasteiger partial charge is 0.0159 e. The molecule has 0 unspecified atom stereocenters. The number of nitrogens with zero attached hydrogens (tertiary/aromatic N) is 1. The van der Waals surface area contributed by atoms with Crippen molar-refractivity contribution in [2.24, 2.45) is 5.92 Å². The Labute approximate surface area is 91.0 Å². The molecule has 1 saturated carbocycles. The average molecular weight is 248 g/mol. The minimum atomic E-state index is 1.01. The zero-order valence-electron chi connectivity index (χ0n) is 8.77. The number of alkyl halides is 1. The molecule has 1 rings (SSSR count). The van der Waals surface area contributed by atoms with E-state index in [9.17, 15) is 0 Å². The Kier molecular flexibility index (Phi) is 6.05. The highest BCUT2D eigenvalue weighted by molar-refractivity contribution is 9.09. The third kappa shape index (κ3) is 4.46. The van der Waals surface area contributed by atoms with Gasteiger partial charge in [0.05, 0.1) is 0 Å². The van der Waals surface area contributed by atoms with E-state index in [0.717, 1.165) is 11.2 Å². The van der Waals surface area contributed by atoms with Crippen LogP contribution < -0.4 is 0 Å².